The summed E-state index contributed by atoms with van der Waals surface area (Å²) in [5, 5.41) is 2.27. The molecule has 0 bridgehead atoms. The van der Waals surface area contributed by atoms with Crippen LogP contribution in [0.4, 0.5) is 0 Å². The Bertz CT molecular complexity index is 1090. The van der Waals surface area contributed by atoms with Gasteiger partial charge in [0.25, 0.3) is 15.9 Å². The molecule has 6 nitrogen and oxygen atoms in total. The Morgan fingerprint density at radius 1 is 0.929 bits per heavy atom. The summed E-state index contributed by atoms with van der Waals surface area (Å²) in [6, 6.07) is 20.0. The van der Waals surface area contributed by atoms with E-state index in [9.17, 15) is 13.2 Å². The number of hydrogen-bond acceptors (Lipinski definition) is 4. The van der Waals surface area contributed by atoms with Crippen molar-refractivity contribution in [2.75, 3.05) is 21.2 Å². The van der Waals surface area contributed by atoms with E-state index >= 15 is 0 Å². The Labute approximate surface area is 165 Å². The Kier molecular flexibility index (Phi) is 5.79. The van der Waals surface area contributed by atoms with Gasteiger partial charge >= 0.3 is 0 Å². The molecule has 0 saturated heterocycles. The summed E-state index contributed by atoms with van der Waals surface area (Å²) in [5.41, 5.74) is 1.44. The molecule has 0 spiro atoms. The van der Waals surface area contributed by atoms with Crippen LogP contribution in [0.1, 0.15) is 15.9 Å². The summed E-state index contributed by atoms with van der Waals surface area (Å²) in [7, 11) is 0.574. The van der Waals surface area contributed by atoms with Crippen LogP contribution < -0.4 is 0 Å². The number of carbonyl (C=O) groups is 1. The average Bonchev–Trinajstić information content (AvgIpc) is 2.72. The van der Waals surface area contributed by atoms with Gasteiger partial charge in [-0.15, -0.1) is 0 Å². The van der Waals surface area contributed by atoms with Crippen molar-refractivity contribution in [2.24, 2.45) is 0 Å². The molecule has 0 radical (unpaired) electrons. The highest BCUT2D eigenvalue weighted by Gasteiger charge is 2.21. The van der Waals surface area contributed by atoms with Gasteiger partial charge in [-0.3, -0.25) is 9.63 Å². The van der Waals surface area contributed by atoms with E-state index in [4.69, 9.17) is 4.84 Å². The third-order valence-electron chi connectivity index (χ3n) is 4.58. The smallest absolute Gasteiger partial charge is 0.264 e. The lowest BCUT2D eigenvalue weighted by Crippen LogP contribution is -2.27. The van der Waals surface area contributed by atoms with Crippen molar-refractivity contribution in [3.8, 4) is 0 Å². The predicted octanol–water partition coefficient (Wildman–Crippen LogP) is 3.29. The predicted molar refractivity (Wildman–Crippen MR) is 108 cm³/mol. The molecule has 7 heteroatoms. The Morgan fingerprint density at radius 2 is 1.57 bits per heavy atom. The number of benzene rings is 3. The molecular weight excluding hydrogens is 376 g/mol. The first-order valence-corrected chi connectivity index (χ1v) is 10.1. The van der Waals surface area contributed by atoms with Gasteiger partial charge in [0, 0.05) is 26.2 Å². The number of hydrogen-bond donors (Lipinski definition) is 0. The van der Waals surface area contributed by atoms with Crippen LogP contribution in [0.25, 0.3) is 10.8 Å². The number of hydroxylamine groups is 1. The van der Waals surface area contributed by atoms with Crippen molar-refractivity contribution in [3.63, 3.8) is 0 Å². The van der Waals surface area contributed by atoms with Crippen molar-refractivity contribution in [3.05, 3.63) is 77.9 Å². The van der Waals surface area contributed by atoms with Gasteiger partial charge in [0.1, 0.15) is 0 Å². The number of amides is 1. The largest absolute Gasteiger partial charge is 0.337 e. The van der Waals surface area contributed by atoms with Crippen LogP contribution >= 0.6 is 0 Å². The summed E-state index contributed by atoms with van der Waals surface area (Å²) >= 11 is 0. The Hall–Kier alpha value is -2.74. The van der Waals surface area contributed by atoms with Gasteiger partial charge in [0.2, 0.25) is 0 Å². The summed E-state index contributed by atoms with van der Waals surface area (Å²) in [6.45, 7) is 0.454. The lowest BCUT2D eigenvalue weighted by atomic mass is 10.1. The van der Waals surface area contributed by atoms with Crippen molar-refractivity contribution < 1.29 is 18.0 Å². The SMILES string of the molecule is CON(C)S(=O)(=O)c1ccc(C(=O)N(C)Cc2ccc3ccccc3c2)cc1. The van der Waals surface area contributed by atoms with E-state index in [1.54, 1.807) is 11.9 Å². The maximum atomic E-state index is 12.7. The van der Waals surface area contributed by atoms with E-state index in [2.05, 4.69) is 6.07 Å². The van der Waals surface area contributed by atoms with Gasteiger partial charge in [-0.2, -0.15) is 0 Å². The molecule has 0 heterocycles. The van der Waals surface area contributed by atoms with Crippen molar-refractivity contribution in [1.82, 2.24) is 9.37 Å². The van der Waals surface area contributed by atoms with Crippen molar-refractivity contribution >= 4 is 26.7 Å². The fourth-order valence-corrected chi connectivity index (χ4v) is 3.89. The van der Waals surface area contributed by atoms with E-state index in [0.29, 0.717) is 12.1 Å². The summed E-state index contributed by atoms with van der Waals surface area (Å²) in [6.07, 6.45) is 0. The highest BCUT2D eigenvalue weighted by Crippen LogP contribution is 2.19. The minimum atomic E-state index is -3.73. The second kappa shape index (κ2) is 8.10. The van der Waals surface area contributed by atoms with Crippen LogP contribution in [0.3, 0.4) is 0 Å². The standard InChI is InChI=1S/C21H22N2O4S/c1-22(15-16-8-9-17-6-4-5-7-19(17)14-16)21(24)18-10-12-20(13-11-18)28(25,26)23(2)27-3/h4-14H,15H2,1-3H3. The molecule has 3 aromatic rings. The fraction of sp³-hybridized carbons (Fsp3) is 0.190. The molecular formula is C21H22N2O4S. The zero-order chi connectivity index (χ0) is 20.3. The second-order valence-corrected chi connectivity index (χ2v) is 8.40. The molecule has 0 aromatic heterocycles. The number of nitrogens with zero attached hydrogens (tertiary/aromatic N) is 2. The van der Waals surface area contributed by atoms with Gasteiger partial charge < -0.3 is 4.90 Å². The topological polar surface area (TPSA) is 66.9 Å². The lowest BCUT2D eigenvalue weighted by molar-refractivity contribution is -0.0258. The van der Waals surface area contributed by atoms with Gasteiger partial charge in [-0.1, -0.05) is 40.9 Å². The van der Waals surface area contributed by atoms with Gasteiger partial charge in [0.05, 0.1) is 12.0 Å². The zero-order valence-electron chi connectivity index (χ0n) is 16.0. The first-order valence-electron chi connectivity index (χ1n) is 8.69. The van der Waals surface area contributed by atoms with Crippen LogP contribution in [0.5, 0.6) is 0 Å². The Morgan fingerprint density at radius 3 is 2.21 bits per heavy atom. The lowest BCUT2D eigenvalue weighted by Gasteiger charge is -2.18. The molecule has 0 aliphatic carbocycles. The average molecular weight is 398 g/mol. The van der Waals surface area contributed by atoms with Gasteiger partial charge in [-0.25, -0.2) is 8.42 Å². The zero-order valence-corrected chi connectivity index (χ0v) is 16.8. The van der Waals surface area contributed by atoms with Crippen LogP contribution in [-0.4, -0.2) is 44.9 Å². The van der Waals surface area contributed by atoms with Crippen molar-refractivity contribution in [1.29, 1.82) is 0 Å². The number of rotatable bonds is 6. The quantitative estimate of drug-likeness (QED) is 0.598. The fourth-order valence-electron chi connectivity index (χ4n) is 2.92. The van der Waals surface area contributed by atoms with Crippen LogP contribution in [0, 0.1) is 0 Å². The molecule has 0 N–H and O–H groups in total. The first kappa shape index (κ1) is 20.0. The summed E-state index contributed by atoms with van der Waals surface area (Å²) < 4.78 is 25.2. The van der Waals surface area contributed by atoms with Gasteiger partial charge in [-0.05, 0) is 46.7 Å². The third-order valence-corrected chi connectivity index (χ3v) is 6.27. The summed E-state index contributed by atoms with van der Waals surface area (Å²) in [5.74, 6) is -0.183. The second-order valence-electron chi connectivity index (χ2n) is 6.46. The molecule has 28 heavy (non-hydrogen) atoms. The molecule has 146 valence electrons. The van der Waals surface area contributed by atoms with E-state index in [0.717, 1.165) is 20.8 Å². The molecule has 0 fully saturated rings. The molecule has 0 atom stereocenters. The molecule has 0 aliphatic heterocycles. The Balaban J connectivity index is 1.75. The normalized spacial score (nSPS) is 11.7. The molecule has 1 amide bonds. The third kappa shape index (κ3) is 4.06. The highest BCUT2D eigenvalue weighted by molar-refractivity contribution is 7.89. The summed E-state index contributed by atoms with van der Waals surface area (Å²) in [4.78, 5) is 19.1. The molecule has 3 rings (SSSR count). The number of carbonyl (C=O) groups excluding carboxylic acids is 1. The van der Waals surface area contributed by atoms with E-state index < -0.39 is 10.0 Å². The highest BCUT2D eigenvalue weighted by atomic mass is 32.2. The maximum absolute atomic E-state index is 12.7. The van der Waals surface area contributed by atoms with E-state index in [1.807, 2.05) is 36.4 Å². The first-order chi connectivity index (χ1) is 13.3. The van der Waals surface area contributed by atoms with Crippen molar-refractivity contribution in [2.45, 2.75) is 11.4 Å². The molecule has 0 aliphatic rings. The van der Waals surface area contributed by atoms with Crippen LogP contribution in [0.15, 0.2) is 71.6 Å². The van der Waals surface area contributed by atoms with E-state index in [-0.39, 0.29) is 10.8 Å². The van der Waals surface area contributed by atoms with Crippen LogP contribution in [0.2, 0.25) is 0 Å². The number of fused-ring (bicyclic) bond motifs is 1. The van der Waals surface area contributed by atoms with E-state index in [1.165, 1.54) is 38.4 Å². The monoisotopic (exact) mass is 398 g/mol. The number of sulfonamides is 1. The molecule has 0 saturated carbocycles. The minimum Gasteiger partial charge on any atom is -0.337 e. The molecule has 3 aromatic carbocycles. The van der Waals surface area contributed by atoms with Gasteiger partial charge in [0.15, 0.2) is 0 Å². The maximum Gasteiger partial charge on any atom is 0.264 e. The van der Waals surface area contributed by atoms with Crippen LogP contribution in [-0.2, 0) is 21.4 Å². The minimum absolute atomic E-state index is 0.0607. The molecule has 0 unspecified atom stereocenters.